The number of fused-ring (bicyclic) bond motifs is 1. The van der Waals surface area contributed by atoms with Gasteiger partial charge in [-0.1, -0.05) is 23.9 Å². The molecule has 34 heavy (non-hydrogen) atoms. The molecule has 0 spiro atoms. The van der Waals surface area contributed by atoms with Gasteiger partial charge >= 0.3 is 0 Å². The van der Waals surface area contributed by atoms with Crippen molar-refractivity contribution in [3.05, 3.63) is 60.2 Å². The topological polar surface area (TPSA) is 83.4 Å². The second-order valence-corrected chi connectivity index (χ2v) is 9.41. The quantitative estimate of drug-likeness (QED) is 0.537. The molecule has 2 amide bonds. The van der Waals surface area contributed by atoms with Crippen molar-refractivity contribution in [3.8, 4) is 5.69 Å². The number of hydrogen-bond acceptors (Lipinski definition) is 6. The van der Waals surface area contributed by atoms with Crippen molar-refractivity contribution < 1.29 is 14.0 Å². The van der Waals surface area contributed by atoms with Crippen LogP contribution < -0.4 is 10.2 Å². The maximum atomic E-state index is 13.6. The predicted octanol–water partition coefficient (Wildman–Crippen LogP) is 3.89. The molecule has 0 saturated carbocycles. The van der Waals surface area contributed by atoms with Crippen molar-refractivity contribution in [2.75, 3.05) is 30.1 Å². The van der Waals surface area contributed by atoms with E-state index in [9.17, 15) is 14.0 Å². The minimum Gasteiger partial charge on any atom is -0.324 e. The van der Waals surface area contributed by atoms with Crippen LogP contribution in [0.25, 0.3) is 5.69 Å². The van der Waals surface area contributed by atoms with Crippen LogP contribution >= 0.6 is 11.8 Å². The van der Waals surface area contributed by atoms with Gasteiger partial charge in [0.25, 0.3) is 0 Å². The third-order valence-electron chi connectivity index (χ3n) is 5.84. The molecule has 1 aromatic heterocycles. The zero-order chi connectivity index (χ0) is 24.4. The number of anilines is 2. The molecule has 8 nitrogen and oxygen atoms in total. The van der Waals surface area contributed by atoms with Crippen LogP contribution in [-0.2, 0) is 9.59 Å². The van der Waals surface area contributed by atoms with Gasteiger partial charge in [-0.05, 0) is 64.3 Å². The molecule has 2 heterocycles. The Hall–Kier alpha value is -3.24. The molecular weight excluding hydrogens is 455 g/mol. The van der Waals surface area contributed by atoms with E-state index in [1.54, 1.807) is 23.1 Å². The lowest BCUT2D eigenvalue weighted by molar-refractivity contribution is -0.117. The highest BCUT2D eigenvalue weighted by Gasteiger charge is 2.30. The lowest BCUT2D eigenvalue weighted by atomic mass is 10.2. The molecule has 0 saturated heterocycles. The van der Waals surface area contributed by atoms with Crippen molar-refractivity contribution in [2.24, 2.45) is 0 Å². The van der Waals surface area contributed by atoms with E-state index in [-0.39, 0.29) is 41.9 Å². The molecule has 4 rings (SSSR count). The number of para-hydroxylation sites is 2. The lowest BCUT2D eigenvalue weighted by Gasteiger charge is -2.27. The third kappa shape index (κ3) is 4.83. The van der Waals surface area contributed by atoms with Gasteiger partial charge < -0.3 is 10.2 Å². The van der Waals surface area contributed by atoms with Crippen LogP contribution in [0.4, 0.5) is 15.8 Å². The predicted molar refractivity (Wildman–Crippen MR) is 131 cm³/mol. The molecule has 1 aliphatic heterocycles. The Morgan fingerprint density at radius 2 is 1.91 bits per heavy atom. The molecule has 2 atom stereocenters. The minimum atomic E-state index is -0.333. The summed E-state index contributed by atoms with van der Waals surface area (Å²) < 4.78 is 15.4. The van der Waals surface area contributed by atoms with Crippen LogP contribution in [0.2, 0.25) is 0 Å². The van der Waals surface area contributed by atoms with E-state index >= 15 is 0 Å². The molecule has 3 aromatic rings. The normalized spacial score (nSPS) is 16.7. The number of nitrogens with zero attached hydrogens (tertiary/aromatic N) is 5. The number of hydrogen-bond donors (Lipinski definition) is 1. The van der Waals surface area contributed by atoms with Crippen LogP contribution in [0.1, 0.15) is 32.1 Å². The molecule has 0 aliphatic carbocycles. The summed E-state index contributed by atoms with van der Waals surface area (Å²) in [6.07, 6.45) is 0.210. The van der Waals surface area contributed by atoms with E-state index in [1.807, 2.05) is 55.6 Å². The number of carbonyl (C=O) groups excluding carboxylic acids is 2. The Bertz CT molecular complexity index is 1200. The maximum absolute atomic E-state index is 13.6. The summed E-state index contributed by atoms with van der Waals surface area (Å²) >= 11 is 1.26. The van der Waals surface area contributed by atoms with Gasteiger partial charge in [-0.25, -0.2) is 4.39 Å². The van der Waals surface area contributed by atoms with Crippen LogP contribution in [0, 0.1) is 5.82 Å². The zero-order valence-electron chi connectivity index (χ0n) is 19.5. The van der Waals surface area contributed by atoms with E-state index < -0.39 is 0 Å². The second kappa shape index (κ2) is 9.94. The highest BCUT2D eigenvalue weighted by molar-refractivity contribution is 7.99. The van der Waals surface area contributed by atoms with Gasteiger partial charge in [0, 0.05) is 18.2 Å². The first-order valence-electron chi connectivity index (χ1n) is 11.0. The summed E-state index contributed by atoms with van der Waals surface area (Å²) in [5, 5.41) is 12.1. The van der Waals surface area contributed by atoms with Crippen LogP contribution in [0.5, 0.6) is 0 Å². The molecular formula is C24H27FN6O2S. The van der Waals surface area contributed by atoms with Crippen LogP contribution in [0.3, 0.4) is 0 Å². The van der Waals surface area contributed by atoms with Gasteiger partial charge in [0.2, 0.25) is 11.8 Å². The summed E-state index contributed by atoms with van der Waals surface area (Å²) in [5.41, 5.74) is 2.01. The number of rotatable bonds is 6. The number of aromatic nitrogens is 3. The molecule has 2 unspecified atom stereocenters. The van der Waals surface area contributed by atoms with Gasteiger partial charge in [-0.3, -0.25) is 19.1 Å². The Kier molecular flexibility index (Phi) is 6.99. The van der Waals surface area contributed by atoms with E-state index in [0.717, 1.165) is 0 Å². The summed E-state index contributed by atoms with van der Waals surface area (Å²) in [4.78, 5) is 29.3. The van der Waals surface area contributed by atoms with Gasteiger partial charge in [0.15, 0.2) is 11.0 Å². The highest BCUT2D eigenvalue weighted by Crippen LogP contribution is 2.33. The Balaban J connectivity index is 1.63. The second-order valence-electron chi connectivity index (χ2n) is 8.46. The van der Waals surface area contributed by atoms with Gasteiger partial charge in [-0.15, -0.1) is 10.2 Å². The number of halogens is 1. The molecule has 0 bridgehead atoms. The monoisotopic (exact) mass is 482 g/mol. The van der Waals surface area contributed by atoms with Crippen molar-refractivity contribution in [3.63, 3.8) is 0 Å². The molecule has 10 heteroatoms. The van der Waals surface area contributed by atoms with Gasteiger partial charge in [-0.2, -0.15) is 0 Å². The van der Waals surface area contributed by atoms with Crippen molar-refractivity contribution in [1.29, 1.82) is 0 Å². The molecule has 2 aromatic carbocycles. The lowest BCUT2D eigenvalue weighted by Crippen LogP contribution is -2.40. The fraction of sp³-hybridized carbons (Fsp3) is 0.333. The van der Waals surface area contributed by atoms with E-state index in [0.29, 0.717) is 28.0 Å². The summed E-state index contributed by atoms with van der Waals surface area (Å²) in [7, 11) is 3.89. The first-order valence-corrected chi connectivity index (χ1v) is 12.0. The van der Waals surface area contributed by atoms with E-state index in [2.05, 4.69) is 15.5 Å². The largest absolute Gasteiger partial charge is 0.324 e. The number of benzene rings is 2. The molecule has 0 fully saturated rings. The van der Waals surface area contributed by atoms with Crippen molar-refractivity contribution in [2.45, 2.75) is 37.5 Å². The standard InChI is InChI=1S/C24H27FN6O2S/c1-15-13-21(32)26-19-7-5-6-8-20(19)30(15)22(33)14-34-24-28-27-23(16(2)29(3)4)31(24)18-11-9-17(25)10-12-18/h5-12,15-16H,13-14H2,1-4H3,(H,26,32). The number of amides is 2. The fourth-order valence-corrected chi connectivity index (χ4v) is 4.69. The Morgan fingerprint density at radius 1 is 1.21 bits per heavy atom. The van der Waals surface area contributed by atoms with Gasteiger partial charge in [0.05, 0.1) is 23.2 Å². The van der Waals surface area contributed by atoms with Crippen LogP contribution in [-0.4, -0.2) is 57.4 Å². The zero-order valence-corrected chi connectivity index (χ0v) is 20.3. The summed E-state index contributed by atoms with van der Waals surface area (Å²) in [6, 6.07) is 13.0. The smallest absolute Gasteiger partial charge is 0.237 e. The number of thioether (sulfide) groups is 1. The molecule has 1 aliphatic rings. The number of carbonyl (C=O) groups is 2. The minimum absolute atomic E-state index is 0.0582. The molecule has 1 N–H and O–H groups in total. The highest BCUT2D eigenvalue weighted by atomic mass is 32.2. The third-order valence-corrected chi connectivity index (χ3v) is 6.76. The SMILES string of the molecule is CC(c1nnc(SCC(=O)N2c3ccccc3NC(=O)CC2C)n1-c1ccc(F)cc1)N(C)C. The van der Waals surface area contributed by atoms with Crippen molar-refractivity contribution in [1.82, 2.24) is 19.7 Å². The Labute approximate surface area is 202 Å². The first kappa shape index (κ1) is 23.9. The molecule has 0 radical (unpaired) electrons. The summed E-state index contributed by atoms with van der Waals surface area (Å²) in [5.74, 6) is 0.191. The van der Waals surface area contributed by atoms with Gasteiger partial charge in [0.1, 0.15) is 5.82 Å². The molecule has 178 valence electrons. The van der Waals surface area contributed by atoms with Crippen molar-refractivity contribution >= 4 is 35.0 Å². The summed E-state index contributed by atoms with van der Waals surface area (Å²) in [6.45, 7) is 3.87. The number of nitrogens with one attached hydrogen (secondary N) is 1. The van der Waals surface area contributed by atoms with E-state index in [1.165, 1.54) is 23.9 Å². The average molecular weight is 483 g/mol. The van der Waals surface area contributed by atoms with Crippen LogP contribution in [0.15, 0.2) is 53.7 Å². The average Bonchev–Trinajstić information content (AvgIpc) is 3.16. The Morgan fingerprint density at radius 3 is 2.62 bits per heavy atom. The van der Waals surface area contributed by atoms with E-state index in [4.69, 9.17) is 0 Å². The maximum Gasteiger partial charge on any atom is 0.237 e. The fourth-order valence-electron chi connectivity index (χ4n) is 3.87. The first-order chi connectivity index (χ1) is 16.3.